The number of rotatable bonds is 7. The Kier molecular flexibility index (Phi) is 5.88. The van der Waals surface area contributed by atoms with Crippen LogP contribution in [0.4, 0.5) is 0 Å². The van der Waals surface area contributed by atoms with E-state index < -0.39 is 12.0 Å². The number of aliphatic carboxylic acids is 1. The van der Waals surface area contributed by atoms with Gasteiger partial charge in [0.05, 0.1) is 0 Å². The number of carboxylic acid groups (broad SMARTS) is 1. The van der Waals surface area contributed by atoms with E-state index in [2.05, 4.69) is 0 Å². The van der Waals surface area contributed by atoms with Gasteiger partial charge in [0.15, 0.2) is 0 Å². The van der Waals surface area contributed by atoms with E-state index in [0.29, 0.717) is 19.3 Å². The SMILES string of the molecule is NC(=O)CCCCCC(N)C(=O)O. The average Bonchev–Trinajstić information content (AvgIpc) is 2.02. The van der Waals surface area contributed by atoms with Crippen LogP contribution in [0.25, 0.3) is 0 Å². The predicted molar refractivity (Wildman–Crippen MR) is 47.9 cm³/mol. The maximum atomic E-state index is 10.3. The lowest BCUT2D eigenvalue weighted by molar-refractivity contribution is -0.138. The van der Waals surface area contributed by atoms with E-state index in [1.54, 1.807) is 0 Å². The minimum atomic E-state index is -0.977. The summed E-state index contributed by atoms with van der Waals surface area (Å²) in [5, 5.41) is 8.43. The smallest absolute Gasteiger partial charge is 0.320 e. The number of amides is 1. The number of nitrogens with two attached hydrogens (primary N) is 2. The second-order valence-corrected chi connectivity index (χ2v) is 3.01. The maximum absolute atomic E-state index is 10.3. The molecule has 0 aromatic carbocycles. The highest BCUT2D eigenvalue weighted by Gasteiger charge is 2.09. The zero-order chi connectivity index (χ0) is 10.3. The molecule has 0 aliphatic rings. The van der Waals surface area contributed by atoms with E-state index in [1.807, 2.05) is 0 Å². The largest absolute Gasteiger partial charge is 0.480 e. The van der Waals surface area contributed by atoms with Crippen molar-refractivity contribution in [3.8, 4) is 0 Å². The molecule has 0 aromatic rings. The number of carbonyl (C=O) groups excluding carboxylic acids is 1. The van der Waals surface area contributed by atoms with Crippen molar-refractivity contribution in [1.82, 2.24) is 0 Å². The summed E-state index contributed by atoms with van der Waals surface area (Å²) in [5.41, 5.74) is 10.2. The molecule has 13 heavy (non-hydrogen) atoms. The molecule has 5 N–H and O–H groups in total. The number of hydrogen-bond acceptors (Lipinski definition) is 3. The Morgan fingerprint density at radius 3 is 2.31 bits per heavy atom. The summed E-state index contributed by atoms with van der Waals surface area (Å²) >= 11 is 0. The molecular weight excluding hydrogens is 172 g/mol. The highest BCUT2D eigenvalue weighted by molar-refractivity contribution is 5.73. The average molecular weight is 188 g/mol. The summed E-state index contributed by atoms with van der Waals surface area (Å²) in [6.45, 7) is 0. The Balaban J connectivity index is 3.26. The molecular formula is C8H16N2O3. The molecule has 1 atom stereocenters. The first kappa shape index (κ1) is 11.9. The topological polar surface area (TPSA) is 106 Å². The molecule has 0 saturated heterocycles. The fraction of sp³-hybridized carbons (Fsp3) is 0.750. The molecule has 0 bridgehead atoms. The van der Waals surface area contributed by atoms with Crippen LogP contribution in [-0.2, 0) is 9.59 Å². The van der Waals surface area contributed by atoms with Crippen molar-refractivity contribution in [2.24, 2.45) is 11.5 Å². The third-order valence-electron chi connectivity index (χ3n) is 1.76. The number of carbonyl (C=O) groups is 2. The van der Waals surface area contributed by atoms with Crippen LogP contribution >= 0.6 is 0 Å². The van der Waals surface area contributed by atoms with E-state index in [0.717, 1.165) is 12.8 Å². The van der Waals surface area contributed by atoms with E-state index in [-0.39, 0.29) is 5.91 Å². The van der Waals surface area contributed by atoms with Gasteiger partial charge in [-0.05, 0) is 12.8 Å². The molecule has 1 unspecified atom stereocenters. The highest BCUT2D eigenvalue weighted by atomic mass is 16.4. The molecule has 0 aliphatic heterocycles. The van der Waals surface area contributed by atoms with Gasteiger partial charge < -0.3 is 16.6 Å². The first-order valence-electron chi connectivity index (χ1n) is 4.30. The van der Waals surface area contributed by atoms with Crippen LogP contribution < -0.4 is 11.5 Å². The van der Waals surface area contributed by atoms with E-state index in [1.165, 1.54) is 0 Å². The van der Waals surface area contributed by atoms with Crippen molar-refractivity contribution < 1.29 is 14.7 Å². The lowest BCUT2D eigenvalue weighted by Gasteiger charge is -2.04. The zero-order valence-corrected chi connectivity index (χ0v) is 7.53. The molecule has 0 aliphatic carbocycles. The van der Waals surface area contributed by atoms with Gasteiger partial charge in [0, 0.05) is 6.42 Å². The van der Waals surface area contributed by atoms with Gasteiger partial charge in [0.1, 0.15) is 6.04 Å². The molecule has 0 fully saturated rings. The third-order valence-corrected chi connectivity index (χ3v) is 1.76. The molecule has 0 spiro atoms. The number of primary amides is 1. The Labute approximate surface area is 77.1 Å². The Hall–Kier alpha value is -1.10. The van der Waals surface area contributed by atoms with Gasteiger partial charge in [-0.25, -0.2) is 0 Å². The fourth-order valence-corrected chi connectivity index (χ4v) is 0.964. The van der Waals surface area contributed by atoms with Gasteiger partial charge in [-0.2, -0.15) is 0 Å². The summed E-state index contributed by atoms with van der Waals surface area (Å²) in [6.07, 6.45) is 3.04. The number of unbranched alkanes of at least 4 members (excludes halogenated alkanes) is 2. The van der Waals surface area contributed by atoms with Crippen molar-refractivity contribution in [1.29, 1.82) is 0 Å². The summed E-state index contributed by atoms with van der Waals surface area (Å²) in [4.78, 5) is 20.6. The molecule has 0 saturated carbocycles. The molecule has 5 nitrogen and oxygen atoms in total. The summed E-state index contributed by atoms with van der Waals surface area (Å²) in [5.74, 6) is -1.29. The summed E-state index contributed by atoms with van der Waals surface area (Å²) < 4.78 is 0. The standard InChI is InChI=1S/C8H16N2O3/c9-6(8(12)13)4-2-1-3-5-7(10)11/h6H,1-5,9H2,(H2,10,11)(H,12,13). The van der Waals surface area contributed by atoms with Gasteiger partial charge in [-0.15, -0.1) is 0 Å². The fourth-order valence-electron chi connectivity index (χ4n) is 0.964. The lowest BCUT2D eigenvalue weighted by atomic mass is 10.1. The predicted octanol–water partition coefficient (Wildman–Crippen LogP) is -0.166. The van der Waals surface area contributed by atoms with Gasteiger partial charge in [0.2, 0.25) is 5.91 Å². The number of carboxylic acids is 1. The minimum Gasteiger partial charge on any atom is -0.480 e. The van der Waals surface area contributed by atoms with Gasteiger partial charge in [-0.1, -0.05) is 12.8 Å². The molecule has 0 radical (unpaired) electrons. The monoisotopic (exact) mass is 188 g/mol. The van der Waals surface area contributed by atoms with Crippen LogP contribution in [-0.4, -0.2) is 23.0 Å². The van der Waals surface area contributed by atoms with Gasteiger partial charge >= 0.3 is 5.97 Å². The third kappa shape index (κ3) is 7.27. The quantitative estimate of drug-likeness (QED) is 0.482. The van der Waals surface area contributed by atoms with Crippen LogP contribution in [0, 0.1) is 0 Å². The van der Waals surface area contributed by atoms with Crippen LogP contribution in [0.3, 0.4) is 0 Å². The Morgan fingerprint density at radius 1 is 1.23 bits per heavy atom. The van der Waals surface area contributed by atoms with E-state index >= 15 is 0 Å². The van der Waals surface area contributed by atoms with Crippen molar-refractivity contribution in [3.63, 3.8) is 0 Å². The van der Waals surface area contributed by atoms with Crippen LogP contribution in [0.15, 0.2) is 0 Å². The van der Waals surface area contributed by atoms with Gasteiger partial charge in [0.25, 0.3) is 0 Å². The number of hydrogen-bond donors (Lipinski definition) is 3. The maximum Gasteiger partial charge on any atom is 0.320 e. The second-order valence-electron chi connectivity index (χ2n) is 3.01. The second kappa shape index (κ2) is 6.42. The molecule has 5 heteroatoms. The molecule has 0 aromatic heterocycles. The molecule has 1 amide bonds. The van der Waals surface area contributed by atoms with Crippen molar-refractivity contribution in [2.45, 2.75) is 38.1 Å². The summed E-state index contributed by atoms with van der Waals surface area (Å²) in [7, 11) is 0. The van der Waals surface area contributed by atoms with Gasteiger partial charge in [-0.3, -0.25) is 9.59 Å². The van der Waals surface area contributed by atoms with Crippen LogP contribution in [0.1, 0.15) is 32.1 Å². The zero-order valence-electron chi connectivity index (χ0n) is 7.53. The van der Waals surface area contributed by atoms with Crippen molar-refractivity contribution >= 4 is 11.9 Å². The molecule has 76 valence electrons. The van der Waals surface area contributed by atoms with Crippen LogP contribution in [0.2, 0.25) is 0 Å². The van der Waals surface area contributed by atoms with Crippen molar-refractivity contribution in [3.05, 3.63) is 0 Å². The van der Waals surface area contributed by atoms with E-state index in [4.69, 9.17) is 16.6 Å². The lowest BCUT2D eigenvalue weighted by Crippen LogP contribution is -2.29. The summed E-state index contributed by atoms with van der Waals surface area (Å²) in [6, 6.07) is -0.784. The normalized spacial score (nSPS) is 12.4. The van der Waals surface area contributed by atoms with Crippen molar-refractivity contribution in [2.75, 3.05) is 0 Å². The van der Waals surface area contributed by atoms with Crippen LogP contribution in [0.5, 0.6) is 0 Å². The van der Waals surface area contributed by atoms with E-state index in [9.17, 15) is 9.59 Å². The molecule has 0 rings (SSSR count). The minimum absolute atomic E-state index is 0.317. The Morgan fingerprint density at radius 2 is 1.85 bits per heavy atom. The molecule has 0 heterocycles. The Bertz CT molecular complexity index is 182. The highest BCUT2D eigenvalue weighted by Crippen LogP contribution is 2.04. The first-order chi connectivity index (χ1) is 6.04. The first-order valence-corrected chi connectivity index (χ1v) is 4.30.